The van der Waals surface area contributed by atoms with E-state index in [1.54, 1.807) is 23.1 Å². The lowest BCUT2D eigenvalue weighted by Crippen LogP contribution is -2.32. The van der Waals surface area contributed by atoms with Gasteiger partial charge in [0.2, 0.25) is 21.8 Å². The summed E-state index contributed by atoms with van der Waals surface area (Å²) in [4.78, 5) is 27.0. The number of carbonyl (C=O) groups is 2. The van der Waals surface area contributed by atoms with Crippen LogP contribution in [0, 0.1) is 12.8 Å². The van der Waals surface area contributed by atoms with Gasteiger partial charge in [0, 0.05) is 42.5 Å². The molecule has 1 N–H and O–H groups in total. The van der Waals surface area contributed by atoms with Crippen LogP contribution in [0.3, 0.4) is 0 Å². The molecule has 2 amide bonds. The molecule has 1 unspecified atom stereocenters. The Kier molecular flexibility index (Phi) is 8.15. The van der Waals surface area contributed by atoms with Gasteiger partial charge in [0.25, 0.3) is 0 Å². The third kappa shape index (κ3) is 5.75. The molecule has 1 aliphatic rings. The smallest absolute Gasteiger partial charge is 0.243 e. The van der Waals surface area contributed by atoms with Crippen LogP contribution >= 0.6 is 11.6 Å². The second-order valence-electron chi connectivity index (χ2n) is 8.26. The zero-order chi connectivity index (χ0) is 24.2. The highest BCUT2D eigenvalue weighted by atomic mass is 35.5. The zero-order valence-corrected chi connectivity index (χ0v) is 20.7. The summed E-state index contributed by atoms with van der Waals surface area (Å²) in [6.45, 7) is 6.97. The van der Waals surface area contributed by atoms with E-state index in [0.29, 0.717) is 29.5 Å². The molecule has 2 aromatic rings. The summed E-state index contributed by atoms with van der Waals surface area (Å²) >= 11 is 6.18. The van der Waals surface area contributed by atoms with E-state index in [1.807, 2.05) is 32.9 Å². The molecule has 7 nitrogen and oxygen atoms in total. The largest absolute Gasteiger partial charge is 0.326 e. The van der Waals surface area contributed by atoms with Crippen LogP contribution in [0.25, 0.3) is 0 Å². The maximum absolute atomic E-state index is 12.9. The van der Waals surface area contributed by atoms with E-state index in [1.165, 1.54) is 16.4 Å². The number of sulfonamides is 1. The molecule has 1 aliphatic heterocycles. The molecule has 0 saturated carbocycles. The van der Waals surface area contributed by atoms with Gasteiger partial charge in [-0.05, 0) is 61.7 Å². The first kappa shape index (κ1) is 25.2. The fraction of sp³-hybridized carbons (Fsp3) is 0.417. The Morgan fingerprint density at radius 3 is 2.33 bits per heavy atom. The van der Waals surface area contributed by atoms with Gasteiger partial charge in [0.1, 0.15) is 0 Å². The lowest BCUT2D eigenvalue weighted by Gasteiger charge is -2.21. The predicted octanol–water partition coefficient (Wildman–Crippen LogP) is 4.45. The van der Waals surface area contributed by atoms with E-state index in [4.69, 9.17) is 11.6 Å². The molecule has 1 saturated heterocycles. The molecular weight excluding hydrogens is 462 g/mol. The molecule has 0 aromatic heterocycles. The number of carbonyl (C=O) groups excluding carboxylic acids is 2. The van der Waals surface area contributed by atoms with E-state index in [0.717, 1.165) is 18.4 Å². The molecule has 9 heteroatoms. The van der Waals surface area contributed by atoms with E-state index in [-0.39, 0.29) is 29.7 Å². The number of aryl methyl sites for hydroxylation is 1. The summed E-state index contributed by atoms with van der Waals surface area (Å²) in [7, 11) is -3.58. The fourth-order valence-corrected chi connectivity index (χ4v) is 5.64. The van der Waals surface area contributed by atoms with Crippen molar-refractivity contribution < 1.29 is 18.0 Å². The summed E-state index contributed by atoms with van der Waals surface area (Å²) in [6, 6.07) is 11.6. The van der Waals surface area contributed by atoms with Gasteiger partial charge in [0.05, 0.1) is 10.8 Å². The van der Waals surface area contributed by atoms with Gasteiger partial charge >= 0.3 is 0 Å². The average Bonchev–Trinajstić information content (AvgIpc) is 3.17. The van der Waals surface area contributed by atoms with Crippen LogP contribution in [0.4, 0.5) is 11.4 Å². The minimum absolute atomic E-state index is 0.104. The number of rotatable bonds is 9. The molecular formula is C24H30ClN3O4S. The van der Waals surface area contributed by atoms with E-state index in [2.05, 4.69) is 5.32 Å². The third-order valence-electron chi connectivity index (χ3n) is 5.67. The quantitative estimate of drug-likeness (QED) is 0.561. The van der Waals surface area contributed by atoms with Gasteiger partial charge < -0.3 is 10.2 Å². The van der Waals surface area contributed by atoms with Crippen molar-refractivity contribution in [3.8, 4) is 0 Å². The first-order valence-corrected chi connectivity index (χ1v) is 13.0. The first-order valence-electron chi connectivity index (χ1n) is 11.1. The van der Waals surface area contributed by atoms with Gasteiger partial charge in [0.15, 0.2) is 0 Å². The summed E-state index contributed by atoms with van der Waals surface area (Å²) < 4.78 is 27.3. The van der Waals surface area contributed by atoms with Crippen molar-refractivity contribution in [2.24, 2.45) is 5.92 Å². The topological polar surface area (TPSA) is 86.8 Å². The first-order chi connectivity index (χ1) is 15.7. The molecule has 1 heterocycles. The van der Waals surface area contributed by atoms with Crippen LogP contribution in [-0.4, -0.2) is 44.2 Å². The maximum Gasteiger partial charge on any atom is 0.243 e. The molecule has 1 atom stereocenters. The Morgan fingerprint density at radius 1 is 1.12 bits per heavy atom. The molecule has 0 spiro atoms. The molecule has 3 rings (SSSR count). The number of hydrogen-bond acceptors (Lipinski definition) is 4. The predicted molar refractivity (Wildman–Crippen MR) is 131 cm³/mol. The standard InChI is InChI=1S/C24H30ClN3O4S/c1-4-12-27(13-5-2)33(31,32)21-10-7-19(8-11-21)26-24(30)18-14-23(29)28(16-18)20-9-6-17(3)22(25)15-20/h6-11,15,18H,4-5,12-14,16H2,1-3H3,(H,26,30). The van der Waals surface area contributed by atoms with E-state index < -0.39 is 15.9 Å². The number of nitrogens with one attached hydrogen (secondary N) is 1. The fourth-order valence-electron chi connectivity index (χ4n) is 3.84. The van der Waals surface area contributed by atoms with E-state index >= 15 is 0 Å². The van der Waals surface area contributed by atoms with Crippen LogP contribution in [-0.2, 0) is 19.6 Å². The lowest BCUT2D eigenvalue weighted by molar-refractivity contribution is -0.122. The summed E-state index contributed by atoms with van der Waals surface area (Å²) in [5.74, 6) is -0.924. The van der Waals surface area contributed by atoms with Gasteiger partial charge in [-0.3, -0.25) is 9.59 Å². The highest BCUT2D eigenvalue weighted by Gasteiger charge is 2.35. The highest BCUT2D eigenvalue weighted by molar-refractivity contribution is 7.89. The van der Waals surface area contributed by atoms with Crippen molar-refractivity contribution in [3.63, 3.8) is 0 Å². The highest BCUT2D eigenvalue weighted by Crippen LogP contribution is 2.29. The van der Waals surface area contributed by atoms with Crippen molar-refractivity contribution in [1.29, 1.82) is 0 Å². The molecule has 178 valence electrons. The van der Waals surface area contributed by atoms with Crippen LogP contribution in [0.1, 0.15) is 38.7 Å². The number of halogens is 1. The molecule has 0 aliphatic carbocycles. The maximum atomic E-state index is 12.9. The molecule has 33 heavy (non-hydrogen) atoms. The normalized spacial score (nSPS) is 16.5. The van der Waals surface area contributed by atoms with Gasteiger partial charge in [-0.25, -0.2) is 8.42 Å². The van der Waals surface area contributed by atoms with Crippen molar-refractivity contribution in [2.45, 2.75) is 44.9 Å². The van der Waals surface area contributed by atoms with Crippen LogP contribution < -0.4 is 10.2 Å². The van der Waals surface area contributed by atoms with Crippen molar-refractivity contribution >= 4 is 44.8 Å². The number of hydrogen-bond donors (Lipinski definition) is 1. The Hall–Kier alpha value is -2.42. The van der Waals surface area contributed by atoms with Crippen LogP contribution in [0.5, 0.6) is 0 Å². The second-order valence-corrected chi connectivity index (χ2v) is 10.6. The summed E-state index contributed by atoms with van der Waals surface area (Å²) in [6.07, 6.45) is 1.57. The minimum atomic E-state index is -3.58. The summed E-state index contributed by atoms with van der Waals surface area (Å²) in [5, 5.41) is 3.37. The van der Waals surface area contributed by atoms with Gasteiger partial charge in [-0.1, -0.05) is 31.5 Å². The van der Waals surface area contributed by atoms with E-state index in [9.17, 15) is 18.0 Å². The van der Waals surface area contributed by atoms with Gasteiger partial charge in [-0.2, -0.15) is 4.31 Å². The summed E-state index contributed by atoms with van der Waals surface area (Å²) in [5.41, 5.74) is 2.07. The Balaban J connectivity index is 1.67. The Bertz CT molecular complexity index is 1110. The number of anilines is 2. The number of benzene rings is 2. The third-order valence-corrected chi connectivity index (χ3v) is 7.99. The average molecular weight is 492 g/mol. The minimum Gasteiger partial charge on any atom is -0.326 e. The van der Waals surface area contributed by atoms with Crippen molar-refractivity contribution in [3.05, 3.63) is 53.1 Å². The Labute approximate surface area is 200 Å². The number of amides is 2. The SMILES string of the molecule is CCCN(CCC)S(=O)(=O)c1ccc(NC(=O)C2CC(=O)N(c3ccc(C)c(Cl)c3)C2)cc1. The van der Waals surface area contributed by atoms with Gasteiger partial charge in [-0.15, -0.1) is 0 Å². The van der Waals surface area contributed by atoms with Crippen LogP contribution in [0.15, 0.2) is 47.4 Å². The zero-order valence-electron chi connectivity index (χ0n) is 19.2. The Morgan fingerprint density at radius 2 is 1.76 bits per heavy atom. The van der Waals surface area contributed by atoms with Crippen molar-refractivity contribution in [2.75, 3.05) is 29.9 Å². The lowest BCUT2D eigenvalue weighted by atomic mass is 10.1. The molecule has 2 aromatic carbocycles. The molecule has 1 fully saturated rings. The monoisotopic (exact) mass is 491 g/mol. The molecule has 0 radical (unpaired) electrons. The van der Waals surface area contributed by atoms with Crippen LogP contribution in [0.2, 0.25) is 5.02 Å². The second kappa shape index (κ2) is 10.7. The number of nitrogens with zero attached hydrogens (tertiary/aromatic N) is 2. The van der Waals surface area contributed by atoms with Crippen molar-refractivity contribution in [1.82, 2.24) is 4.31 Å². The molecule has 0 bridgehead atoms.